The van der Waals surface area contributed by atoms with E-state index in [4.69, 9.17) is 9.40 Å². The first kappa shape index (κ1) is 20.7. The Labute approximate surface area is 222 Å². The topological polar surface area (TPSA) is 35.9 Å². The highest BCUT2D eigenvalue weighted by atomic mass is 16.3. The monoisotopic (exact) mass is 499 g/mol. The van der Waals surface area contributed by atoms with Gasteiger partial charge in [0.15, 0.2) is 11.2 Å². The summed E-state index contributed by atoms with van der Waals surface area (Å²) in [6, 6.07) is 42.7. The van der Waals surface area contributed by atoms with Gasteiger partial charge in [-0.15, -0.1) is 0 Å². The summed E-state index contributed by atoms with van der Waals surface area (Å²) in [6.07, 6.45) is 1.86. The van der Waals surface area contributed by atoms with Crippen molar-refractivity contribution in [1.82, 2.24) is 14.1 Å². The van der Waals surface area contributed by atoms with Crippen LogP contribution in [-0.4, -0.2) is 14.1 Å². The Morgan fingerprint density at radius 1 is 0.462 bits per heavy atom. The molecule has 0 unspecified atom stereocenters. The molecule has 0 fully saturated rings. The number of benzene rings is 5. The van der Waals surface area contributed by atoms with Crippen LogP contribution in [0.25, 0.3) is 77.1 Å². The summed E-state index contributed by atoms with van der Waals surface area (Å²) in [5.41, 5.74) is 7.28. The van der Waals surface area contributed by atoms with E-state index in [0.717, 1.165) is 55.5 Å². The molecule has 0 aliphatic heterocycles. The summed E-state index contributed by atoms with van der Waals surface area (Å²) in [6.45, 7) is 0. The molecule has 4 heteroatoms. The number of furan rings is 1. The van der Waals surface area contributed by atoms with Gasteiger partial charge in [0, 0.05) is 32.3 Å². The van der Waals surface area contributed by atoms with Crippen molar-refractivity contribution < 1.29 is 4.42 Å². The first-order chi connectivity index (χ1) is 19.4. The molecule has 4 heterocycles. The van der Waals surface area contributed by atoms with E-state index in [1.807, 2.05) is 6.20 Å². The molecule has 0 atom stereocenters. The smallest absolute Gasteiger partial charge is 0.159 e. The molecule has 0 N–H and O–H groups in total. The van der Waals surface area contributed by atoms with Gasteiger partial charge >= 0.3 is 0 Å². The lowest BCUT2D eigenvalue weighted by molar-refractivity contribution is 0.664. The van der Waals surface area contributed by atoms with Gasteiger partial charge in [0.2, 0.25) is 0 Å². The average Bonchev–Trinajstić information content (AvgIpc) is 3.65. The minimum absolute atomic E-state index is 0.780. The van der Waals surface area contributed by atoms with Crippen LogP contribution in [0.2, 0.25) is 0 Å². The van der Waals surface area contributed by atoms with Gasteiger partial charge in [-0.25, -0.2) is 4.98 Å². The first-order valence-electron chi connectivity index (χ1n) is 13.2. The molecule has 182 valence electrons. The molecule has 39 heavy (non-hydrogen) atoms. The largest absolute Gasteiger partial charge is 0.452 e. The van der Waals surface area contributed by atoms with E-state index < -0.39 is 0 Å². The number of fused-ring (bicyclic) bond motifs is 9. The minimum Gasteiger partial charge on any atom is -0.452 e. The summed E-state index contributed by atoms with van der Waals surface area (Å²) in [5.74, 6) is 0.880. The second kappa shape index (κ2) is 7.59. The molecule has 9 rings (SSSR count). The van der Waals surface area contributed by atoms with Crippen molar-refractivity contribution in [2.45, 2.75) is 0 Å². The number of rotatable bonds is 2. The van der Waals surface area contributed by atoms with E-state index in [1.54, 1.807) is 0 Å². The molecule has 0 saturated carbocycles. The molecule has 0 saturated heterocycles. The summed E-state index contributed by atoms with van der Waals surface area (Å²) in [5, 5.41) is 7.04. The van der Waals surface area contributed by atoms with Crippen molar-refractivity contribution in [2.75, 3.05) is 0 Å². The van der Waals surface area contributed by atoms with Crippen LogP contribution in [0.5, 0.6) is 0 Å². The first-order valence-corrected chi connectivity index (χ1v) is 13.2. The minimum atomic E-state index is 0.780. The highest BCUT2D eigenvalue weighted by Gasteiger charge is 2.19. The summed E-state index contributed by atoms with van der Waals surface area (Å²) < 4.78 is 11.1. The van der Waals surface area contributed by atoms with Crippen molar-refractivity contribution >= 4 is 65.6 Å². The highest BCUT2D eigenvalue weighted by molar-refractivity contribution is 6.13. The number of hydrogen-bond donors (Lipinski definition) is 0. The van der Waals surface area contributed by atoms with Crippen molar-refractivity contribution in [2.24, 2.45) is 0 Å². The third-order valence-electron chi connectivity index (χ3n) is 7.98. The third kappa shape index (κ3) is 2.75. The lowest BCUT2D eigenvalue weighted by Crippen LogP contribution is -1.96. The third-order valence-corrected chi connectivity index (χ3v) is 7.98. The number of pyridine rings is 1. The molecule has 0 amide bonds. The SMILES string of the molecule is c1cc(-n2c3ccccc3c3ccccc32)c2oc3cnc(-n4c5ccccc5c5ccccc54)cc3c2c1. The molecule has 0 aliphatic rings. The Hall–Kier alpha value is -5.35. The van der Waals surface area contributed by atoms with Gasteiger partial charge in [0.1, 0.15) is 5.82 Å². The van der Waals surface area contributed by atoms with E-state index in [0.29, 0.717) is 0 Å². The van der Waals surface area contributed by atoms with Crippen LogP contribution in [-0.2, 0) is 0 Å². The number of aromatic nitrogens is 3. The predicted octanol–water partition coefficient (Wildman–Crippen LogP) is 9.18. The van der Waals surface area contributed by atoms with Crippen LogP contribution >= 0.6 is 0 Å². The van der Waals surface area contributed by atoms with Crippen molar-refractivity contribution in [3.05, 3.63) is 128 Å². The van der Waals surface area contributed by atoms with Crippen LogP contribution in [0.15, 0.2) is 132 Å². The maximum Gasteiger partial charge on any atom is 0.159 e. The summed E-state index contributed by atoms with van der Waals surface area (Å²) >= 11 is 0. The van der Waals surface area contributed by atoms with E-state index in [2.05, 4.69) is 130 Å². The van der Waals surface area contributed by atoms with Crippen molar-refractivity contribution in [3.8, 4) is 11.5 Å². The fourth-order valence-corrected chi connectivity index (χ4v) is 6.33. The molecule has 9 aromatic rings. The van der Waals surface area contributed by atoms with E-state index in [9.17, 15) is 0 Å². The molecule has 0 radical (unpaired) electrons. The Morgan fingerprint density at radius 2 is 0.949 bits per heavy atom. The number of para-hydroxylation sites is 5. The van der Waals surface area contributed by atoms with Gasteiger partial charge in [-0.2, -0.15) is 0 Å². The Morgan fingerprint density at radius 3 is 1.51 bits per heavy atom. The van der Waals surface area contributed by atoms with Gasteiger partial charge < -0.3 is 8.98 Å². The Kier molecular flexibility index (Phi) is 4.02. The summed E-state index contributed by atoms with van der Waals surface area (Å²) in [4.78, 5) is 4.90. The molecular weight excluding hydrogens is 478 g/mol. The standard InChI is InChI=1S/C35H21N3O/c1-5-15-28-22(10-1)23-11-2-6-16-29(23)37(28)32-19-9-14-26-27-20-34(36-21-33(27)39-35(26)32)38-30-17-7-3-12-24(30)25-13-4-8-18-31(25)38/h1-21H. The average molecular weight is 500 g/mol. The van der Waals surface area contributed by atoms with Gasteiger partial charge in [0.05, 0.1) is 34.0 Å². The van der Waals surface area contributed by atoms with Gasteiger partial charge in [-0.05, 0) is 36.4 Å². The van der Waals surface area contributed by atoms with Crippen LogP contribution in [0.3, 0.4) is 0 Å². The van der Waals surface area contributed by atoms with E-state index >= 15 is 0 Å². The molecule has 5 aromatic carbocycles. The predicted molar refractivity (Wildman–Crippen MR) is 160 cm³/mol. The van der Waals surface area contributed by atoms with Crippen molar-refractivity contribution in [1.29, 1.82) is 0 Å². The second-order valence-corrected chi connectivity index (χ2v) is 10.0. The van der Waals surface area contributed by atoms with E-state index in [-0.39, 0.29) is 0 Å². The molecule has 0 aliphatic carbocycles. The fourth-order valence-electron chi connectivity index (χ4n) is 6.33. The molecular formula is C35H21N3O. The normalized spacial score (nSPS) is 12.1. The molecule has 0 bridgehead atoms. The maximum absolute atomic E-state index is 6.56. The quantitative estimate of drug-likeness (QED) is 0.238. The zero-order chi connectivity index (χ0) is 25.5. The van der Waals surface area contributed by atoms with Crippen LogP contribution in [0.4, 0.5) is 0 Å². The molecule has 4 aromatic heterocycles. The van der Waals surface area contributed by atoms with Crippen molar-refractivity contribution in [3.63, 3.8) is 0 Å². The number of nitrogens with zero attached hydrogens (tertiary/aromatic N) is 3. The van der Waals surface area contributed by atoms with Crippen LogP contribution < -0.4 is 0 Å². The lowest BCUT2D eigenvalue weighted by atomic mass is 10.1. The second-order valence-electron chi connectivity index (χ2n) is 10.0. The van der Waals surface area contributed by atoms with Crippen LogP contribution in [0, 0.1) is 0 Å². The zero-order valence-electron chi connectivity index (χ0n) is 20.9. The Bertz CT molecular complexity index is 2300. The Balaban J connectivity index is 1.34. The molecule has 0 spiro atoms. The summed E-state index contributed by atoms with van der Waals surface area (Å²) in [7, 11) is 0. The molecule has 4 nitrogen and oxygen atoms in total. The zero-order valence-corrected chi connectivity index (χ0v) is 20.9. The lowest BCUT2D eigenvalue weighted by Gasteiger charge is -2.08. The van der Waals surface area contributed by atoms with Crippen LogP contribution in [0.1, 0.15) is 0 Å². The number of hydrogen-bond acceptors (Lipinski definition) is 2. The van der Waals surface area contributed by atoms with Gasteiger partial charge in [-0.3, -0.25) is 4.57 Å². The van der Waals surface area contributed by atoms with Gasteiger partial charge in [0.25, 0.3) is 0 Å². The maximum atomic E-state index is 6.56. The van der Waals surface area contributed by atoms with E-state index in [1.165, 1.54) is 21.5 Å². The van der Waals surface area contributed by atoms with Gasteiger partial charge in [-0.1, -0.05) is 84.9 Å². The highest BCUT2D eigenvalue weighted by Crippen LogP contribution is 2.39. The fraction of sp³-hybridized carbons (Fsp3) is 0.